The minimum atomic E-state index is 1.14. The summed E-state index contributed by atoms with van der Waals surface area (Å²) < 4.78 is 2.46. The largest absolute Gasteiger partial charge is 0.277 e. The molecule has 56 valence electrons. The molecule has 1 aromatic heterocycles. The van der Waals surface area contributed by atoms with Gasteiger partial charge in [0.2, 0.25) is 0 Å². The smallest absolute Gasteiger partial charge is 0.0794 e. The van der Waals surface area contributed by atoms with Crippen LogP contribution in [0.15, 0.2) is 18.3 Å². The zero-order valence-electron chi connectivity index (χ0n) is 5.44. The molecule has 11 heavy (non-hydrogen) atoms. The van der Waals surface area contributed by atoms with E-state index < -0.39 is 0 Å². The Kier molecular flexibility index (Phi) is 2.04. The fraction of sp³-hybridized carbons (Fsp3) is 0. The molecular weight excluding hydrogens is 366 g/mol. The first-order chi connectivity index (χ1) is 5.29. The molecule has 0 saturated carbocycles. The topological polar surface area (TPSA) is 28.7 Å². The molecule has 0 atom stereocenters. The van der Waals surface area contributed by atoms with Gasteiger partial charge in [-0.05, 0) is 57.3 Å². The lowest BCUT2D eigenvalue weighted by atomic mass is 10.3. The van der Waals surface area contributed by atoms with Gasteiger partial charge in [0.1, 0.15) is 0 Å². The standard InChI is InChI=1S/C7H4I2N2/c8-5-1-2-6(9)7-4(5)3-10-11-7/h1-3H,(H,10,11). The second-order valence-electron chi connectivity index (χ2n) is 2.19. The van der Waals surface area contributed by atoms with Crippen molar-refractivity contribution in [3.05, 3.63) is 25.5 Å². The molecular formula is C7H4I2N2. The molecule has 0 bridgehead atoms. The number of halogens is 2. The molecule has 2 nitrogen and oxygen atoms in total. The first-order valence-electron chi connectivity index (χ1n) is 3.06. The quantitative estimate of drug-likeness (QED) is 0.711. The number of nitrogens with zero attached hydrogens (tertiary/aromatic N) is 1. The van der Waals surface area contributed by atoms with Crippen LogP contribution in [-0.4, -0.2) is 10.2 Å². The summed E-state index contributed by atoms with van der Waals surface area (Å²) in [6.45, 7) is 0. The van der Waals surface area contributed by atoms with Gasteiger partial charge in [-0.2, -0.15) is 5.10 Å². The van der Waals surface area contributed by atoms with Gasteiger partial charge in [-0.1, -0.05) is 0 Å². The van der Waals surface area contributed by atoms with Crippen molar-refractivity contribution in [1.29, 1.82) is 0 Å². The average Bonchev–Trinajstić information content (AvgIpc) is 2.45. The molecule has 0 aliphatic carbocycles. The molecule has 0 saturated heterocycles. The average molecular weight is 370 g/mol. The number of hydrogen-bond acceptors (Lipinski definition) is 1. The number of aromatic nitrogens is 2. The molecule has 0 unspecified atom stereocenters. The first kappa shape index (κ1) is 7.78. The monoisotopic (exact) mass is 370 g/mol. The lowest BCUT2D eigenvalue weighted by molar-refractivity contribution is 1.12. The molecule has 2 rings (SSSR count). The third kappa shape index (κ3) is 1.26. The van der Waals surface area contributed by atoms with Crippen molar-refractivity contribution in [2.45, 2.75) is 0 Å². The van der Waals surface area contributed by atoms with E-state index in [4.69, 9.17) is 0 Å². The summed E-state index contributed by atoms with van der Waals surface area (Å²) in [6, 6.07) is 4.18. The fourth-order valence-corrected chi connectivity index (χ4v) is 2.15. The van der Waals surface area contributed by atoms with Gasteiger partial charge in [-0.25, -0.2) is 0 Å². The van der Waals surface area contributed by atoms with Crippen LogP contribution in [0, 0.1) is 7.14 Å². The Hall–Kier alpha value is 0.150. The Morgan fingerprint density at radius 3 is 2.64 bits per heavy atom. The molecule has 2 aromatic rings. The molecule has 1 aromatic carbocycles. The van der Waals surface area contributed by atoms with Crippen LogP contribution in [0.3, 0.4) is 0 Å². The van der Waals surface area contributed by atoms with Crippen LogP contribution in [0.25, 0.3) is 10.9 Å². The third-order valence-corrected chi connectivity index (χ3v) is 3.35. The van der Waals surface area contributed by atoms with Crippen LogP contribution in [-0.2, 0) is 0 Å². The van der Waals surface area contributed by atoms with E-state index in [0.29, 0.717) is 0 Å². The molecule has 0 radical (unpaired) electrons. The Morgan fingerprint density at radius 2 is 1.91 bits per heavy atom. The molecule has 1 N–H and O–H groups in total. The summed E-state index contributed by atoms with van der Waals surface area (Å²) in [5, 5.41) is 8.16. The van der Waals surface area contributed by atoms with Crippen LogP contribution in [0.5, 0.6) is 0 Å². The van der Waals surface area contributed by atoms with Crippen LogP contribution in [0.2, 0.25) is 0 Å². The summed E-state index contributed by atoms with van der Waals surface area (Å²) in [5.74, 6) is 0. The number of fused-ring (bicyclic) bond motifs is 1. The van der Waals surface area contributed by atoms with Crippen molar-refractivity contribution in [3.8, 4) is 0 Å². The normalized spacial score (nSPS) is 10.7. The zero-order chi connectivity index (χ0) is 7.84. The Balaban J connectivity index is 2.96. The van der Waals surface area contributed by atoms with E-state index in [9.17, 15) is 0 Å². The minimum absolute atomic E-state index is 1.14. The maximum absolute atomic E-state index is 3.99. The molecule has 0 spiro atoms. The van der Waals surface area contributed by atoms with Gasteiger partial charge in [0.15, 0.2) is 0 Å². The van der Waals surface area contributed by atoms with Crippen molar-refractivity contribution in [3.63, 3.8) is 0 Å². The first-order valence-corrected chi connectivity index (χ1v) is 5.22. The highest BCUT2D eigenvalue weighted by atomic mass is 127. The van der Waals surface area contributed by atoms with Gasteiger partial charge in [0.05, 0.1) is 11.7 Å². The summed E-state index contributed by atoms with van der Waals surface area (Å²) in [6.07, 6.45) is 1.86. The summed E-state index contributed by atoms with van der Waals surface area (Å²) in [7, 11) is 0. The zero-order valence-corrected chi connectivity index (χ0v) is 9.75. The number of aromatic amines is 1. The van der Waals surface area contributed by atoms with E-state index in [2.05, 4.69) is 67.5 Å². The third-order valence-electron chi connectivity index (χ3n) is 1.51. The Bertz CT molecular complexity index is 358. The van der Waals surface area contributed by atoms with E-state index in [1.807, 2.05) is 6.20 Å². The van der Waals surface area contributed by atoms with Crippen molar-refractivity contribution in [2.24, 2.45) is 0 Å². The molecule has 1 heterocycles. The summed E-state index contributed by atoms with van der Waals surface area (Å²) in [4.78, 5) is 0. The van der Waals surface area contributed by atoms with E-state index >= 15 is 0 Å². The van der Waals surface area contributed by atoms with E-state index in [1.54, 1.807) is 0 Å². The van der Waals surface area contributed by atoms with Gasteiger partial charge in [0, 0.05) is 12.5 Å². The molecule has 4 heteroatoms. The Morgan fingerprint density at radius 1 is 1.18 bits per heavy atom. The number of hydrogen-bond donors (Lipinski definition) is 1. The lowest BCUT2D eigenvalue weighted by Gasteiger charge is -1.94. The van der Waals surface area contributed by atoms with Crippen molar-refractivity contribution in [1.82, 2.24) is 10.2 Å². The molecule has 0 aliphatic rings. The fourth-order valence-electron chi connectivity index (χ4n) is 0.969. The molecule has 0 aliphatic heterocycles. The van der Waals surface area contributed by atoms with Gasteiger partial charge in [-0.15, -0.1) is 0 Å². The summed E-state index contributed by atoms with van der Waals surface area (Å²) >= 11 is 4.60. The maximum Gasteiger partial charge on any atom is 0.0794 e. The predicted octanol–water partition coefficient (Wildman–Crippen LogP) is 2.77. The highest BCUT2D eigenvalue weighted by Crippen LogP contribution is 2.22. The molecule has 0 amide bonds. The van der Waals surface area contributed by atoms with Crippen molar-refractivity contribution >= 4 is 56.1 Å². The number of nitrogens with one attached hydrogen (secondary N) is 1. The SMILES string of the molecule is Ic1ccc(I)c2[nH]ncc12. The van der Waals surface area contributed by atoms with Gasteiger partial charge in [0.25, 0.3) is 0 Å². The Labute approximate surface area is 91.0 Å². The van der Waals surface area contributed by atoms with Gasteiger partial charge < -0.3 is 0 Å². The van der Waals surface area contributed by atoms with Crippen molar-refractivity contribution < 1.29 is 0 Å². The van der Waals surface area contributed by atoms with E-state index in [-0.39, 0.29) is 0 Å². The highest BCUT2D eigenvalue weighted by Gasteiger charge is 2.02. The molecule has 0 fully saturated rings. The van der Waals surface area contributed by atoms with Crippen LogP contribution < -0.4 is 0 Å². The second kappa shape index (κ2) is 2.89. The van der Waals surface area contributed by atoms with Gasteiger partial charge >= 0.3 is 0 Å². The van der Waals surface area contributed by atoms with E-state index in [0.717, 1.165) is 5.52 Å². The number of benzene rings is 1. The second-order valence-corrected chi connectivity index (χ2v) is 4.51. The van der Waals surface area contributed by atoms with Crippen LogP contribution in [0.1, 0.15) is 0 Å². The highest BCUT2D eigenvalue weighted by molar-refractivity contribution is 14.1. The predicted molar refractivity (Wildman–Crippen MR) is 61.5 cm³/mol. The minimum Gasteiger partial charge on any atom is -0.277 e. The van der Waals surface area contributed by atoms with E-state index in [1.165, 1.54) is 12.5 Å². The van der Waals surface area contributed by atoms with Gasteiger partial charge in [-0.3, -0.25) is 5.10 Å². The maximum atomic E-state index is 3.99. The van der Waals surface area contributed by atoms with Crippen molar-refractivity contribution in [2.75, 3.05) is 0 Å². The lowest BCUT2D eigenvalue weighted by Crippen LogP contribution is -1.77. The van der Waals surface area contributed by atoms with Crippen LogP contribution >= 0.6 is 45.2 Å². The number of rotatable bonds is 0. The summed E-state index contributed by atoms with van der Waals surface area (Å²) in [5.41, 5.74) is 1.14. The van der Waals surface area contributed by atoms with Crippen LogP contribution in [0.4, 0.5) is 0 Å². The number of H-pyrrole nitrogens is 1.